The lowest BCUT2D eigenvalue weighted by Crippen LogP contribution is -2.33. The van der Waals surface area contributed by atoms with Gasteiger partial charge < -0.3 is 4.74 Å². The summed E-state index contributed by atoms with van der Waals surface area (Å²) in [6, 6.07) is 10.2. The van der Waals surface area contributed by atoms with Crippen molar-refractivity contribution in [3.8, 4) is 17.0 Å². The number of nitrogens with zero attached hydrogens (tertiary/aromatic N) is 4. The van der Waals surface area contributed by atoms with Crippen LogP contribution in [0.15, 0.2) is 45.9 Å². The summed E-state index contributed by atoms with van der Waals surface area (Å²) in [5.74, 6) is 0.918. The van der Waals surface area contributed by atoms with Gasteiger partial charge in [-0.3, -0.25) is 9.69 Å². The summed E-state index contributed by atoms with van der Waals surface area (Å²) < 4.78 is 7.87. The summed E-state index contributed by atoms with van der Waals surface area (Å²) in [7, 11) is 0. The molecule has 4 heterocycles. The van der Waals surface area contributed by atoms with Crippen molar-refractivity contribution < 1.29 is 4.74 Å². The highest BCUT2D eigenvalue weighted by Gasteiger charge is 2.14. The first kappa shape index (κ1) is 21.3. The third-order valence-corrected chi connectivity index (χ3v) is 7.55. The lowest BCUT2D eigenvalue weighted by molar-refractivity contribution is 0.183. The van der Waals surface area contributed by atoms with Crippen molar-refractivity contribution in [1.29, 1.82) is 0 Å². The quantitative estimate of drug-likeness (QED) is 0.397. The zero-order chi connectivity index (χ0) is 21.9. The highest BCUT2D eigenvalue weighted by molar-refractivity contribution is 7.15. The van der Waals surface area contributed by atoms with E-state index in [0.717, 1.165) is 34.0 Å². The van der Waals surface area contributed by atoms with Crippen LogP contribution in [0.1, 0.15) is 35.4 Å². The Morgan fingerprint density at radius 1 is 1.12 bits per heavy atom. The van der Waals surface area contributed by atoms with E-state index in [4.69, 9.17) is 4.74 Å². The molecule has 0 saturated carbocycles. The van der Waals surface area contributed by atoms with E-state index in [1.165, 1.54) is 43.7 Å². The average Bonchev–Trinajstić information content (AvgIpc) is 3.46. The Kier molecular flexibility index (Phi) is 6.34. The standard InChI is InChI=1S/C24H26N4O2S2/c1-17-14-18(7-8-22(17)30-12-11-27-9-3-2-4-10-27)21-16-32-24-25-23(29)20(26-28(21)24)15-19-6-5-13-31-19/h5-8,13-14,16H,2-4,9-12,15H2,1H3. The largest absolute Gasteiger partial charge is 0.492 e. The van der Waals surface area contributed by atoms with Crippen LogP contribution in [0.4, 0.5) is 0 Å². The number of ether oxygens (including phenoxy) is 1. The fourth-order valence-electron chi connectivity index (χ4n) is 4.11. The van der Waals surface area contributed by atoms with Crippen molar-refractivity contribution >= 4 is 27.6 Å². The van der Waals surface area contributed by atoms with Crippen molar-refractivity contribution in [2.45, 2.75) is 32.6 Å². The van der Waals surface area contributed by atoms with E-state index in [2.05, 4.69) is 34.0 Å². The number of hydrogen-bond donors (Lipinski definition) is 0. The van der Waals surface area contributed by atoms with E-state index in [0.29, 0.717) is 23.7 Å². The molecule has 1 fully saturated rings. The molecule has 1 saturated heterocycles. The molecule has 6 nitrogen and oxygen atoms in total. The van der Waals surface area contributed by atoms with E-state index in [9.17, 15) is 4.79 Å². The molecule has 0 aliphatic carbocycles. The molecule has 0 N–H and O–H groups in total. The van der Waals surface area contributed by atoms with E-state index in [1.807, 2.05) is 29.0 Å². The minimum atomic E-state index is -0.250. The first-order valence-corrected chi connectivity index (χ1v) is 12.8. The van der Waals surface area contributed by atoms with Crippen LogP contribution in [-0.4, -0.2) is 45.7 Å². The van der Waals surface area contributed by atoms with Gasteiger partial charge in [-0.2, -0.15) is 10.1 Å². The molecular weight excluding hydrogens is 440 g/mol. The zero-order valence-electron chi connectivity index (χ0n) is 18.1. The summed E-state index contributed by atoms with van der Waals surface area (Å²) in [5, 5.41) is 8.68. The Balaban J connectivity index is 1.35. The van der Waals surface area contributed by atoms with Crippen LogP contribution in [0.5, 0.6) is 5.75 Å². The molecule has 0 spiro atoms. The monoisotopic (exact) mass is 466 g/mol. The van der Waals surface area contributed by atoms with Crippen molar-refractivity contribution in [3.63, 3.8) is 0 Å². The number of likely N-dealkylation sites (tertiary alicyclic amines) is 1. The number of aromatic nitrogens is 3. The van der Waals surface area contributed by atoms with Gasteiger partial charge in [-0.25, -0.2) is 4.52 Å². The highest BCUT2D eigenvalue weighted by atomic mass is 32.1. The van der Waals surface area contributed by atoms with E-state index in [-0.39, 0.29) is 5.56 Å². The fraction of sp³-hybridized carbons (Fsp3) is 0.375. The second-order valence-corrected chi connectivity index (χ2v) is 10.0. The van der Waals surface area contributed by atoms with Crippen molar-refractivity contribution in [2.24, 2.45) is 0 Å². The second kappa shape index (κ2) is 9.52. The number of benzene rings is 1. The summed E-state index contributed by atoms with van der Waals surface area (Å²) in [6.07, 6.45) is 4.45. The summed E-state index contributed by atoms with van der Waals surface area (Å²) in [6.45, 7) is 6.13. The smallest absolute Gasteiger partial charge is 0.296 e. The van der Waals surface area contributed by atoms with Gasteiger partial charge in [-0.15, -0.1) is 22.7 Å². The molecule has 1 aromatic carbocycles. The maximum atomic E-state index is 12.4. The Hall–Kier alpha value is -2.55. The number of aryl methyl sites for hydroxylation is 1. The third-order valence-electron chi connectivity index (χ3n) is 5.86. The molecular formula is C24H26N4O2S2. The van der Waals surface area contributed by atoms with E-state index in [1.54, 1.807) is 15.9 Å². The lowest BCUT2D eigenvalue weighted by atomic mass is 10.1. The summed E-state index contributed by atoms with van der Waals surface area (Å²) in [5.41, 5.74) is 3.29. The van der Waals surface area contributed by atoms with Crippen LogP contribution in [0.25, 0.3) is 16.2 Å². The number of fused-ring (bicyclic) bond motifs is 1. The van der Waals surface area contributed by atoms with Crippen LogP contribution >= 0.6 is 22.7 Å². The Bertz CT molecular complexity index is 1260. The predicted molar refractivity (Wildman–Crippen MR) is 130 cm³/mol. The molecule has 0 atom stereocenters. The van der Waals surface area contributed by atoms with Gasteiger partial charge in [-0.1, -0.05) is 12.5 Å². The first-order chi connectivity index (χ1) is 15.7. The normalized spacial score (nSPS) is 14.8. The number of hydrogen-bond acceptors (Lipinski definition) is 7. The molecule has 0 bridgehead atoms. The van der Waals surface area contributed by atoms with E-state index < -0.39 is 0 Å². The van der Waals surface area contributed by atoms with Crippen LogP contribution in [0.3, 0.4) is 0 Å². The summed E-state index contributed by atoms with van der Waals surface area (Å²) in [4.78, 5) is 20.9. The van der Waals surface area contributed by atoms with Crippen molar-refractivity contribution in [2.75, 3.05) is 26.2 Å². The molecule has 1 aliphatic rings. The molecule has 3 aromatic heterocycles. The molecule has 0 amide bonds. The molecule has 166 valence electrons. The van der Waals surface area contributed by atoms with Crippen LogP contribution in [0.2, 0.25) is 0 Å². The Morgan fingerprint density at radius 3 is 2.78 bits per heavy atom. The highest BCUT2D eigenvalue weighted by Crippen LogP contribution is 2.29. The zero-order valence-corrected chi connectivity index (χ0v) is 19.8. The Labute approximate surface area is 195 Å². The van der Waals surface area contributed by atoms with Crippen molar-refractivity contribution in [3.05, 3.63) is 67.6 Å². The number of thiazole rings is 1. The minimum absolute atomic E-state index is 0.250. The first-order valence-electron chi connectivity index (χ1n) is 11.0. The Morgan fingerprint density at radius 2 is 2.00 bits per heavy atom. The van der Waals surface area contributed by atoms with Crippen LogP contribution in [0, 0.1) is 6.92 Å². The topological polar surface area (TPSA) is 59.7 Å². The van der Waals surface area contributed by atoms with Crippen molar-refractivity contribution in [1.82, 2.24) is 19.5 Å². The van der Waals surface area contributed by atoms with Gasteiger partial charge in [0, 0.05) is 28.8 Å². The number of thiophene rings is 1. The number of rotatable bonds is 7. The van der Waals surface area contributed by atoms with Gasteiger partial charge in [0.2, 0.25) is 4.96 Å². The molecule has 4 aromatic rings. The number of piperidine rings is 1. The van der Waals surface area contributed by atoms with Gasteiger partial charge >= 0.3 is 0 Å². The third kappa shape index (κ3) is 4.62. The molecule has 0 radical (unpaired) electrons. The van der Waals surface area contributed by atoms with Crippen LogP contribution in [-0.2, 0) is 6.42 Å². The molecule has 32 heavy (non-hydrogen) atoms. The van der Waals surface area contributed by atoms with Gasteiger partial charge in [-0.05, 0) is 68.1 Å². The maximum absolute atomic E-state index is 12.4. The van der Waals surface area contributed by atoms with E-state index >= 15 is 0 Å². The average molecular weight is 467 g/mol. The lowest BCUT2D eigenvalue weighted by Gasteiger charge is -2.26. The molecule has 1 aliphatic heterocycles. The maximum Gasteiger partial charge on any atom is 0.296 e. The van der Waals surface area contributed by atoms with Gasteiger partial charge in [0.05, 0.1) is 5.69 Å². The second-order valence-electron chi connectivity index (χ2n) is 8.17. The van der Waals surface area contributed by atoms with Gasteiger partial charge in [0.1, 0.15) is 18.1 Å². The van der Waals surface area contributed by atoms with Crippen LogP contribution < -0.4 is 10.3 Å². The summed E-state index contributed by atoms with van der Waals surface area (Å²) >= 11 is 3.06. The van der Waals surface area contributed by atoms with Gasteiger partial charge in [0.15, 0.2) is 0 Å². The molecule has 8 heteroatoms. The molecule has 5 rings (SSSR count). The van der Waals surface area contributed by atoms with Gasteiger partial charge in [0.25, 0.3) is 5.56 Å². The molecule has 0 unspecified atom stereocenters. The SMILES string of the molecule is Cc1cc(-c2csc3nc(=O)c(Cc4cccs4)nn23)ccc1OCCN1CCCCC1. The predicted octanol–water partition coefficient (Wildman–Crippen LogP) is 4.64. The fourth-order valence-corrected chi connectivity index (χ4v) is 5.65. The minimum Gasteiger partial charge on any atom is -0.492 e.